The number of ether oxygens (including phenoxy) is 1. The van der Waals surface area contributed by atoms with Crippen molar-refractivity contribution in [3.63, 3.8) is 0 Å². The first-order valence-electron chi connectivity index (χ1n) is 5.74. The second-order valence-electron chi connectivity index (χ2n) is 4.21. The zero-order valence-corrected chi connectivity index (χ0v) is 11.2. The van der Waals surface area contributed by atoms with Gasteiger partial charge in [-0.15, -0.1) is 0 Å². The monoisotopic (exact) mass is 316 g/mol. The van der Waals surface area contributed by atoms with E-state index in [0.29, 0.717) is 0 Å². The van der Waals surface area contributed by atoms with Crippen molar-refractivity contribution in [3.05, 3.63) is 30.3 Å². The molecule has 96 valence electrons. The molecule has 2 N–H and O–H groups in total. The van der Waals surface area contributed by atoms with Crippen molar-refractivity contribution in [3.8, 4) is 0 Å². The number of benzene rings is 1. The van der Waals surface area contributed by atoms with Gasteiger partial charge >= 0.3 is 111 Å². The summed E-state index contributed by atoms with van der Waals surface area (Å²) in [6.07, 6.45) is -1.76. The molecule has 2 bridgehead atoms. The normalized spacial score (nSPS) is 35.6. The van der Waals surface area contributed by atoms with Crippen LogP contribution in [0.4, 0.5) is 0 Å². The molecule has 0 radical (unpaired) electrons. The number of aliphatic hydroxyl groups excluding tert-OH is 1. The number of hydrogen-bond donors (Lipinski definition) is 2. The van der Waals surface area contributed by atoms with Gasteiger partial charge in [-0.1, -0.05) is 0 Å². The summed E-state index contributed by atoms with van der Waals surface area (Å²) in [7, 11) is -1.26. The summed E-state index contributed by atoms with van der Waals surface area (Å²) >= 11 is 0.0228. The summed E-state index contributed by atoms with van der Waals surface area (Å²) in [5.74, 6) is 0. The Kier molecular flexibility index (Phi) is 3.72. The van der Waals surface area contributed by atoms with E-state index in [2.05, 4.69) is 0 Å². The molecule has 3 rings (SSSR count). The molecular formula is C11H13BO5Se. The Labute approximate surface area is 111 Å². The third kappa shape index (κ3) is 2.48. The maximum absolute atomic E-state index is 10.0. The van der Waals surface area contributed by atoms with E-state index in [9.17, 15) is 10.1 Å². The summed E-state index contributed by atoms with van der Waals surface area (Å²) in [6, 6.07) is 9.95. The second kappa shape index (κ2) is 5.31. The molecule has 18 heavy (non-hydrogen) atoms. The fraction of sp³-hybridized carbons (Fsp3) is 0.455. The predicted octanol–water partition coefficient (Wildman–Crippen LogP) is -1.51. The molecule has 0 aromatic heterocycles. The summed E-state index contributed by atoms with van der Waals surface area (Å²) in [4.78, 5) is 0. The van der Waals surface area contributed by atoms with Gasteiger partial charge in [0, 0.05) is 0 Å². The Balaban J connectivity index is 1.73. The van der Waals surface area contributed by atoms with E-state index in [1.54, 1.807) is 0 Å². The van der Waals surface area contributed by atoms with Gasteiger partial charge in [-0.2, -0.15) is 0 Å². The van der Waals surface area contributed by atoms with Crippen LogP contribution >= 0.6 is 0 Å². The quantitative estimate of drug-likeness (QED) is 0.650. The van der Waals surface area contributed by atoms with Crippen LogP contribution in [0.5, 0.6) is 0 Å². The molecule has 0 amide bonds. The van der Waals surface area contributed by atoms with Crippen LogP contribution in [0.2, 0.25) is 0 Å². The number of rotatable bonds is 2. The van der Waals surface area contributed by atoms with E-state index >= 15 is 0 Å². The number of aliphatic hydroxyl groups is 1. The average Bonchev–Trinajstić information content (AvgIpc) is 2.36. The van der Waals surface area contributed by atoms with Gasteiger partial charge < -0.3 is 0 Å². The Hall–Kier alpha value is -0.396. The molecule has 2 heterocycles. The fourth-order valence-electron chi connectivity index (χ4n) is 2.07. The molecule has 2 saturated heterocycles. The molecule has 7 heteroatoms. The maximum atomic E-state index is 10.0. The van der Waals surface area contributed by atoms with Crippen LogP contribution in [0, 0.1) is 0 Å². The number of hydrogen-bond acceptors (Lipinski definition) is 5. The molecule has 2 fully saturated rings. The Morgan fingerprint density at radius 2 is 2.00 bits per heavy atom. The van der Waals surface area contributed by atoms with E-state index in [0.717, 1.165) is 0 Å². The van der Waals surface area contributed by atoms with Crippen LogP contribution in [-0.2, 0) is 14.0 Å². The van der Waals surface area contributed by atoms with Crippen molar-refractivity contribution in [2.24, 2.45) is 0 Å². The summed E-state index contributed by atoms with van der Waals surface area (Å²) in [5.41, 5.74) is 0. The third-order valence-corrected chi connectivity index (χ3v) is 5.45. The number of fused-ring (bicyclic) bond motifs is 2. The zero-order chi connectivity index (χ0) is 12.5. The van der Waals surface area contributed by atoms with Gasteiger partial charge in [0.05, 0.1) is 0 Å². The van der Waals surface area contributed by atoms with Crippen molar-refractivity contribution in [1.82, 2.24) is 0 Å². The van der Waals surface area contributed by atoms with Gasteiger partial charge in [0.15, 0.2) is 0 Å². The molecule has 1 aromatic rings. The van der Waals surface area contributed by atoms with Crippen molar-refractivity contribution in [2.45, 2.75) is 23.3 Å². The first-order valence-corrected chi connectivity index (χ1v) is 7.59. The van der Waals surface area contributed by atoms with E-state index < -0.39 is 25.6 Å². The van der Waals surface area contributed by atoms with Gasteiger partial charge in [0.2, 0.25) is 0 Å². The Bertz CT molecular complexity index is 406. The molecule has 2 aliphatic heterocycles. The minimum absolute atomic E-state index is 0.0228. The van der Waals surface area contributed by atoms with Crippen molar-refractivity contribution < 1.29 is 24.2 Å². The van der Waals surface area contributed by atoms with Gasteiger partial charge in [0.1, 0.15) is 0 Å². The molecule has 5 nitrogen and oxygen atoms in total. The molecular weight excluding hydrogens is 302 g/mol. The van der Waals surface area contributed by atoms with Gasteiger partial charge in [-0.05, 0) is 0 Å². The van der Waals surface area contributed by atoms with Gasteiger partial charge in [-0.25, -0.2) is 0 Å². The van der Waals surface area contributed by atoms with E-state index in [-0.39, 0.29) is 26.6 Å². The topological polar surface area (TPSA) is 68.2 Å². The van der Waals surface area contributed by atoms with Crippen LogP contribution in [-0.4, -0.2) is 62.3 Å². The van der Waals surface area contributed by atoms with Crippen LogP contribution in [0.1, 0.15) is 0 Å². The molecule has 1 aromatic carbocycles. The Morgan fingerprint density at radius 3 is 2.78 bits per heavy atom. The van der Waals surface area contributed by atoms with Crippen molar-refractivity contribution in [1.29, 1.82) is 0 Å². The molecule has 4 atom stereocenters. The van der Waals surface area contributed by atoms with Crippen molar-refractivity contribution in [2.75, 3.05) is 6.61 Å². The SMILES string of the molecule is OB1O[C@@H]2[C@@H](O)[C@@H](CO[C@H]2[Se]c2ccccc2)O1. The molecule has 0 saturated carbocycles. The molecule has 2 aliphatic rings. The van der Waals surface area contributed by atoms with Crippen LogP contribution < -0.4 is 4.46 Å². The average molecular weight is 315 g/mol. The zero-order valence-electron chi connectivity index (χ0n) is 9.51. The molecule has 0 spiro atoms. The van der Waals surface area contributed by atoms with Gasteiger partial charge in [-0.3, -0.25) is 0 Å². The molecule has 0 aliphatic carbocycles. The standard InChI is InChI=1S/C11H13BO5Se/c13-9-8-6-15-11(10(9)17-12(14)16-8)18-7-4-2-1-3-5-7/h1-5,8-11,13-14H,6H2/t8-,9+,10-,11+/m1/s1. The van der Waals surface area contributed by atoms with Crippen LogP contribution in [0.15, 0.2) is 30.3 Å². The third-order valence-electron chi connectivity index (χ3n) is 2.97. The van der Waals surface area contributed by atoms with E-state index in [1.807, 2.05) is 30.3 Å². The minimum atomic E-state index is -1.26. The predicted molar refractivity (Wildman–Crippen MR) is 65.3 cm³/mol. The summed E-state index contributed by atoms with van der Waals surface area (Å²) < 4.78 is 17.1. The second-order valence-corrected chi connectivity index (χ2v) is 6.66. The summed E-state index contributed by atoms with van der Waals surface area (Å²) in [5, 5.41) is 19.2. The summed E-state index contributed by atoms with van der Waals surface area (Å²) in [6.45, 7) is 0.289. The molecule has 0 unspecified atom stereocenters. The first-order chi connectivity index (χ1) is 8.74. The van der Waals surface area contributed by atoms with Crippen LogP contribution in [0.25, 0.3) is 0 Å². The van der Waals surface area contributed by atoms with Crippen LogP contribution in [0.3, 0.4) is 0 Å². The van der Waals surface area contributed by atoms with E-state index in [1.165, 1.54) is 4.46 Å². The van der Waals surface area contributed by atoms with Gasteiger partial charge in [0.25, 0.3) is 0 Å². The Morgan fingerprint density at radius 1 is 1.22 bits per heavy atom. The van der Waals surface area contributed by atoms with E-state index in [4.69, 9.17) is 14.0 Å². The fourth-order valence-corrected chi connectivity index (χ4v) is 4.35. The first kappa shape index (κ1) is 12.6. The van der Waals surface area contributed by atoms with Crippen molar-refractivity contribution >= 4 is 26.7 Å².